The van der Waals surface area contributed by atoms with Crippen LogP contribution in [0.2, 0.25) is 10.4 Å². The Bertz CT molecular complexity index is 506. The fourth-order valence-electron chi connectivity index (χ4n) is 1.68. The van der Waals surface area contributed by atoms with Gasteiger partial charge in [0, 0.05) is 5.56 Å². The summed E-state index contributed by atoms with van der Waals surface area (Å²) in [6, 6.07) is 0. The first-order valence-electron chi connectivity index (χ1n) is 4.77. The maximum atomic E-state index is 6.07. The summed E-state index contributed by atoms with van der Waals surface area (Å²) in [6.45, 7) is 4.09. The topological polar surface area (TPSA) is 43.1 Å². The van der Waals surface area contributed by atoms with Gasteiger partial charge in [-0.25, -0.2) is 0 Å². The van der Waals surface area contributed by atoms with Crippen LogP contribution in [0.25, 0.3) is 5.65 Å². The highest BCUT2D eigenvalue weighted by Gasteiger charge is 2.15. The Balaban J connectivity index is 2.86. The van der Waals surface area contributed by atoms with Gasteiger partial charge in [-0.3, -0.25) is 0 Å². The lowest BCUT2D eigenvalue weighted by Gasteiger charge is -2.07. The molecule has 0 amide bonds. The van der Waals surface area contributed by atoms with Crippen molar-refractivity contribution in [1.82, 2.24) is 19.8 Å². The van der Waals surface area contributed by atoms with Crippen LogP contribution in [-0.2, 0) is 12.8 Å². The minimum Gasteiger partial charge on any atom is -0.181 e. The number of rotatable bonds is 2. The molecular weight excluding hydrogens is 235 g/mol. The first-order valence-corrected chi connectivity index (χ1v) is 5.52. The third-order valence-electron chi connectivity index (χ3n) is 2.38. The van der Waals surface area contributed by atoms with Gasteiger partial charge in [-0.05, 0) is 30.0 Å². The van der Waals surface area contributed by atoms with Gasteiger partial charge in [-0.1, -0.05) is 25.4 Å². The Morgan fingerprint density at radius 2 is 1.73 bits per heavy atom. The lowest BCUT2D eigenvalue weighted by Crippen LogP contribution is -2.03. The average molecular weight is 245 g/mol. The molecule has 2 aromatic heterocycles. The number of halogens is 2. The van der Waals surface area contributed by atoms with Gasteiger partial charge in [0.15, 0.2) is 10.8 Å². The monoisotopic (exact) mass is 244 g/mol. The zero-order valence-corrected chi connectivity index (χ0v) is 9.97. The molecule has 0 aliphatic carbocycles. The second kappa shape index (κ2) is 3.94. The lowest BCUT2D eigenvalue weighted by atomic mass is 10.1. The molecule has 0 aliphatic heterocycles. The molecule has 4 nitrogen and oxygen atoms in total. The highest BCUT2D eigenvalue weighted by Crippen LogP contribution is 2.23. The SMILES string of the molecule is CCc1c(Cl)nn2c(Cl)nnc2c1CC. The van der Waals surface area contributed by atoms with Crippen LogP contribution in [0.1, 0.15) is 25.0 Å². The minimum atomic E-state index is 0.240. The van der Waals surface area contributed by atoms with Crippen molar-refractivity contribution < 1.29 is 0 Å². The molecule has 2 heterocycles. The van der Waals surface area contributed by atoms with E-state index in [4.69, 9.17) is 23.2 Å². The smallest absolute Gasteiger partial charge is 0.181 e. The van der Waals surface area contributed by atoms with E-state index < -0.39 is 0 Å². The van der Waals surface area contributed by atoms with Gasteiger partial charge in [0.2, 0.25) is 5.28 Å². The van der Waals surface area contributed by atoms with Crippen LogP contribution in [0.3, 0.4) is 0 Å². The average Bonchev–Trinajstić information content (AvgIpc) is 2.58. The molecule has 2 aromatic rings. The largest absolute Gasteiger partial charge is 0.246 e. The Hall–Kier alpha value is -0.870. The normalized spacial score (nSPS) is 11.2. The summed E-state index contributed by atoms with van der Waals surface area (Å²) in [5.41, 5.74) is 2.79. The van der Waals surface area contributed by atoms with Crippen LogP contribution in [0.4, 0.5) is 0 Å². The van der Waals surface area contributed by atoms with E-state index in [1.54, 1.807) is 0 Å². The van der Waals surface area contributed by atoms with Gasteiger partial charge in [-0.2, -0.15) is 9.61 Å². The molecule has 0 N–H and O–H groups in total. The van der Waals surface area contributed by atoms with Crippen molar-refractivity contribution >= 4 is 28.8 Å². The molecule has 0 saturated heterocycles. The molecule has 2 rings (SSSR count). The van der Waals surface area contributed by atoms with Crippen molar-refractivity contribution in [3.8, 4) is 0 Å². The van der Waals surface area contributed by atoms with Gasteiger partial charge < -0.3 is 0 Å². The van der Waals surface area contributed by atoms with E-state index in [-0.39, 0.29) is 5.28 Å². The summed E-state index contributed by atoms with van der Waals surface area (Å²) in [5, 5.41) is 12.6. The first-order chi connectivity index (χ1) is 7.19. The van der Waals surface area contributed by atoms with Gasteiger partial charge in [0.05, 0.1) is 0 Å². The first kappa shape index (κ1) is 10.6. The standard InChI is InChI=1S/C9H10Cl2N4/c1-3-5-6(4-2)8-12-13-9(11)15(8)14-7(5)10/h3-4H2,1-2H3. The number of fused-ring (bicyclic) bond motifs is 1. The third kappa shape index (κ3) is 1.58. The molecule has 0 saturated carbocycles. The van der Waals surface area contributed by atoms with Crippen LogP contribution in [0.5, 0.6) is 0 Å². The Kier molecular flexibility index (Phi) is 2.80. The van der Waals surface area contributed by atoms with Crippen molar-refractivity contribution in [2.75, 3.05) is 0 Å². The van der Waals surface area contributed by atoms with Crippen molar-refractivity contribution in [3.05, 3.63) is 21.6 Å². The highest BCUT2D eigenvalue weighted by atomic mass is 35.5. The van der Waals surface area contributed by atoms with Crippen molar-refractivity contribution in [3.63, 3.8) is 0 Å². The predicted molar refractivity (Wildman–Crippen MR) is 59.6 cm³/mol. The van der Waals surface area contributed by atoms with E-state index in [1.165, 1.54) is 4.52 Å². The van der Waals surface area contributed by atoms with E-state index in [0.29, 0.717) is 10.8 Å². The van der Waals surface area contributed by atoms with Gasteiger partial charge in [-0.15, -0.1) is 10.2 Å². The second-order valence-electron chi connectivity index (χ2n) is 3.16. The molecule has 0 spiro atoms. The van der Waals surface area contributed by atoms with Crippen LogP contribution in [0.15, 0.2) is 0 Å². The maximum absolute atomic E-state index is 6.07. The molecular formula is C9H10Cl2N4. The Morgan fingerprint density at radius 3 is 2.33 bits per heavy atom. The van der Waals surface area contributed by atoms with Gasteiger partial charge in [0.1, 0.15) is 0 Å². The minimum absolute atomic E-state index is 0.240. The summed E-state index contributed by atoms with van der Waals surface area (Å²) in [5.74, 6) is 0. The van der Waals surface area contributed by atoms with E-state index in [1.807, 2.05) is 13.8 Å². The summed E-state index contributed by atoms with van der Waals surface area (Å²) in [7, 11) is 0. The van der Waals surface area contributed by atoms with E-state index >= 15 is 0 Å². The van der Waals surface area contributed by atoms with Crippen LogP contribution in [-0.4, -0.2) is 19.8 Å². The van der Waals surface area contributed by atoms with Crippen LogP contribution < -0.4 is 0 Å². The Labute approximate surface area is 97.2 Å². The molecule has 80 valence electrons. The number of aryl methyl sites for hydroxylation is 1. The second-order valence-corrected chi connectivity index (χ2v) is 3.86. The number of aromatic nitrogens is 4. The number of hydrogen-bond donors (Lipinski definition) is 0. The number of hydrogen-bond acceptors (Lipinski definition) is 3. The van der Waals surface area contributed by atoms with Crippen molar-refractivity contribution in [1.29, 1.82) is 0 Å². The molecule has 0 aliphatic rings. The zero-order valence-electron chi connectivity index (χ0n) is 8.46. The zero-order chi connectivity index (χ0) is 11.0. The summed E-state index contributed by atoms with van der Waals surface area (Å²) >= 11 is 11.9. The summed E-state index contributed by atoms with van der Waals surface area (Å²) < 4.78 is 1.47. The fourth-order valence-corrected chi connectivity index (χ4v) is 2.15. The summed E-state index contributed by atoms with van der Waals surface area (Å²) in [4.78, 5) is 0. The van der Waals surface area contributed by atoms with Crippen molar-refractivity contribution in [2.45, 2.75) is 26.7 Å². The lowest BCUT2D eigenvalue weighted by molar-refractivity contribution is 0.882. The molecule has 0 aromatic carbocycles. The predicted octanol–water partition coefficient (Wildman–Crippen LogP) is 2.56. The van der Waals surface area contributed by atoms with Crippen LogP contribution in [0, 0.1) is 0 Å². The van der Waals surface area contributed by atoms with Crippen molar-refractivity contribution in [2.24, 2.45) is 0 Å². The molecule has 0 radical (unpaired) electrons. The number of nitrogens with zero attached hydrogens (tertiary/aromatic N) is 4. The van der Waals surface area contributed by atoms with Gasteiger partial charge in [0.25, 0.3) is 0 Å². The molecule has 15 heavy (non-hydrogen) atoms. The molecule has 6 heteroatoms. The van der Waals surface area contributed by atoms with Crippen LogP contribution >= 0.6 is 23.2 Å². The van der Waals surface area contributed by atoms with Gasteiger partial charge >= 0.3 is 0 Å². The Morgan fingerprint density at radius 1 is 1.07 bits per heavy atom. The highest BCUT2D eigenvalue weighted by molar-refractivity contribution is 6.30. The molecule has 0 fully saturated rings. The fraction of sp³-hybridized carbons (Fsp3) is 0.444. The molecule has 0 atom stereocenters. The molecule has 0 unspecified atom stereocenters. The third-order valence-corrected chi connectivity index (χ3v) is 2.92. The van der Waals surface area contributed by atoms with E-state index in [9.17, 15) is 0 Å². The van der Waals surface area contributed by atoms with E-state index in [0.717, 1.165) is 24.0 Å². The quantitative estimate of drug-likeness (QED) is 0.816. The summed E-state index contributed by atoms with van der Waals surface area (Å²) in [6.07, 6.45) is 1.67. The maximum Gasteiger partial charge on any atom is 0.246 e. The molecule has 0 bridgehead atoms. The van der Waals surface area contributed by atoms with E-state index in [2.05, 4.69) is 15.3 Å².